The van der Waals surface area contributed by atoms with Gasteiger partial charge in [-0.15, -0.1) is 12.4 Å². The first-order valence-electron chi connectivity index (χ1n) is 5.62. The Morgan fingerprint density at radius 1 is 1.44 bits per heavy atom. The second-order valence-electron chi connectivity index (χ2n) is 4.00. The van der Waals surface area contributed by atoms with E-state index in [1.54, 1.807) is 0 Å². The summed E-state index contributed by atoms with van der Waals surface area (Å²) < 4.78 is 6.37. The number of rotatable bonds is 4. The van der Waals surface area contributed by atoms with Crippen LogP contribution in [-0.2, 0) is 4.79 Å². The summed E-state index contributed by atoms with van der Waals surface area (Å²) in [4.78, 5) is 11.6. The van der Waals surface area contributed by atoms with Gasteiger partial charge < -0.3 is 15.4 Å². The Bertz CT molecular complexity index is 380. The molecule has 4 nitrogen and oxygen atoms in total. The smallest absolute Gasteiger partial charge is 0.258 e. The first kappa shape index (κ1) is 15.3. The van der Waals surface area contributed by atoms with E-state index in [1.807, 2.05) is 24.3 Å². The molecule has 1 saturated heterocycles. The Hall–Kier alpha value is -0.780. The van der Waals surface area contributed by atoms with Gasteiger partial charge in [0.25, 0.3) is 5.91 Å². The van der Waals surface area contributed by atoms with Crippen molar-refractivity contribution >= 4 is 34.2 Å². The predicted octanol–water partition coefficient (Wildman–Crippen LogP) is 1.73. The molecule has 1 aromatic rings. The van der Waals surface area contributed by atoms with Crippen molar-refractivity contribution in [1.82, 2.24) is 10.6 Å². The molecule has 1 aromatic carbocycles. The SMILES string of the molecule is Cl.O=C(COc1ccc(Br)cc1)NC1CCNC1. The van der Waals surface area contributed by atoms with E-state index < -0.39 is 0 Å². The molecular formula is C12H16BrClN2O2. The van der Waals surface area contributed by atoms with Crippen LogP contribution in [0.3, 0.4) is 0 Å². The Kier molecular flexibility index (Phi) is 6.46. The minimum atomic E-state index is -0.0679. The summed E-state index contributed by atoms with van der Waals surface area (Å²) in [6.07, 6.45) is 0.990. The molecule has 0 bridgehead atoms. The highest BCUT2D eigenvalue weighted by Crippen LogP contribution is 2.15. The van der Waals surface area contributed by atoms with Gasteiger partial charge in [0.15, 0.2) is 6.61 Å². The lowest BCUT2D eigenvalue weighted by molar-refractivity contribution is -0.123. The van der Waals surface area contributed by atoms with Crippen LogP contribution < -0.4 is 15.4 Å². The maximum atomic E-state index is 11.6. The van der Waals surface area contributed by atoms with Crippen LogP contribution in [0.2, 0.25) is 0 Å². The molecule has 1 aliphatic heterocycles. The highest BCUT2D eigenvalue weighted by atomic mass is 79.9. The molecule has 2 rings (SSSR count). The summed E-state index contributed by atoms with van der Waals surface area (Å²) in [5.41, 5.74) is 0. The summed E-state index contributed by atoms with van der Waals surface area (Å²) in [5, 5.41) is 6.12. The van der Waals surface area contributed by atoms with Crippen LogP contribution in [0.15, 0.2) is 28.7 Å². The maximum absolute atomic E-state index is 11.6. The van der Waals surface area contributed by atoms with Gasteiger partial charge in [-0.3, -0.25) is 4.79 Å². The average Bonchev–Trinajstić information content (AvgIpc) is 2.81. The number of carbonyl (C=O) groups excluding carboxylic acids is 1. The van der Waals surface area contributed by atoms with Gasteiger partial charge >= 0.3 is 0 Å². The molecule has 1 unspecified atom stereocenters. The summed E-state index contributed by atoms with van der Waals surface area (Å²) in [5.74, 6) is 0.634. The highest BCUT2D eigenvalue weighted by molar-refractivity contribution is 9.10. The second-order valence-corrected chi connectivity index (χ2v) is 4.92. The zero-order chi connectivity index (χ0) is 12.1. The molecule has 1 heterocycles. The van der Waals surface area contributed by atoms with Crippen molar-refractivity contribution in [3.63, 3.8) is 0 Å². The Morgan fingerprint density at radius 2 is 2.17 bits per heavy atom. The zero-order valence-corrected chi connectivity index (χ0v) is 12.2. The fourth-order valence-electron chi connectivity index (χ4n) is 1.73. The van der Waals surface area contributed by atoms with Gasteiger partial charge in [0.1, 0.15) is 5.75 Å². The molecule has 1 amide bonds. The summed E-state index contributed by atoms with van der Waals surface area (Å²) in [6, 6.07) is 7.67. The molecule has 0 spiro atoms. The summed E-state index contributed by atoms with van der Waals surface area (Å²) >= 11 is 3.34. The Morgan fingerprint density at radius 3 is 2.78 bits per heavy atom. The van der Waals surface area contributed by atoms with E-state index in [9.17, 15) is 4.79 Å². The summed E-state index contributed by atoms with van der Waals surface area (Å²) in [6.45, 7) is 1.89. The van der Waals surface area contributed by atoms with Crippen LogP contribution in [0.4, 0.5) is 0 Å². The van der Waals surface area contributed by atoms with Crippen LogP contribution in [0, 0.1) is 0 Å². The molecule has 1 atom stereocenters. The number of halogens is 2. The van der Waals surface area contributed by atoms with E-state index in [0.29, 0.717) is 5.75 Å². The standard InChI is InChI=1S/C12H15BrN2O2.ClH/c13-9-1-3-11(4-2-9)17-8-12(16)15-10-5-6-14-7-10;/h1-4,10,14H,5-8H2,(H,15,16);1H. The van der Waals surface area contributed by atoms with Crippen molar-refractivity contribution in [3.8, 4) is 5.75 Å². The Balaban J connectivity index is 0.00000162. The van der Waals surface area contributed by atoms with Gasteiger partial charge in [-0.2, -0.15) is 0 Å². The molecule has 18 heavy (non-hydrogen) atoms. The van der Waals surface area contributed by atoms with Gasteiger partial charge in [0.05, 0.1) is 0 Å². The predicted molar refractivity (Wildman–Crippen MR) is 76.3 cm³/mol. The molecule has 6 heteroatoms. The molecule has 0 radical (unpaired) electrons. The van der Waals surface area contributed by atoms with Crippen molar-refractivity contribution in [3.05, 3.63) is 28.7 Å². The lowest BCUT2D eigenvalue weighted by atomic mass is 10.2. The van der Waals surface area contributed by atoms with Gasteiger partial charge in [0.2, 0.25) is 0 Å². The van der Waals surface area contributed by atoms with Gasteiger partial charge in [-0.05, 0) is 37.2 Å². The minimum Gasteiger partial charge on any atom is -0.484 e. The molecule has 0 saturated carbocycles. The highest BCUT2D eigenvalue weighted by Gasteiger charge is 2.16. The first-order valence-corrected chi connectivity index (χ1v) is 6.42. The molecular weight excluding hydrogens is 320 g/mol. The lowest BCUT2D eigenvalue weighted by Crippen LogP contribution is -2.39. The van der Waals surface area contributed by atoms with Crippen LogP contribution in [0.5, 0.6) is 5.75 Å². The largest absolute Gasteiger partial charge is 0.484 e. The average molecular weight is 336 g/mol. The third kappa shape index (κ3) is 4.84. The lowest BCUT2D eigenvalue weighted by Gasteiger charge is -2.11. The van der Waals surface area contributed by atoms with Gasteiger partial charge in [-0.25, -0.2) is 0 Å². The Labute approximate surface area is 121 Å². The maximum Gasteiger partial charge on any atom is 0.258 e. The molecule has 0 aromatic heterocycles. The minimum absolute atomic E-state index is 0. The van der Waals surface area contributed by atoms with E-state index in [4.69, 9.17) is 4.74 Å². The van der Waals surface area contributed by atoms with E-state index in [2.05, 4.69) is 26.6 Å². The normalized spacial score (nSPS) is 17.9. The number of benzene rings is 1. The van der Waals surface area contributed by atoms with Gasteiger partial charge in [0, 0.05) is 17.1 Å². The fraction of sp³-hybridized carbons (Fsp3) is 0.417. The van der Waals surface area contributed by atoms with Crippen LogP contribution in [0.25, 0.3) is 0 Å². The van der Waals surface area contributed by atoms with E-state index >= 15 is 0 Å². The van der Waals surface area contributed by atoms with Crippen molar-refractivity contribution in [2.24, 2.45) is 0 Å². The number of nitrogens with one attached hydrogen (secondary N) is 2. The van der Waals surface area contributed by atoms with Gasteiger partial charge in [-0.1, -0.05) is 15.9 Å². The molecule has 1 fully saturated rings. The van der Waals surface area contributed by atoms with Crippen LogP contribution in [-0.4, -0.2) is 31.6 Å². The number of carbonyl (C=O) groups is 1. The first-order chi connectivity index (χ1) is 8.24. The van der Waals surface area contributed by atoms with Crippen molar-refractivity contribution in [1.29, 1.82) is 0 Å². The topological polar surface area (TPSA) is 50.4 Å². The number of hydrogen-bond acceptors (Lipinski definition) is 3. The third-order valence-corrected chi connectivity index (χ3v) is 3.14. The summed E-state index contributed by atoms with van der Waals surface area (Å²) in [7, 11) is 0. The second kappa shape index (κ2) is 7.61. The molecule has 0 aliphatic carbocycles. The number of ether oxygens (including phenoxy) is 1. The monoisotopic (exact) mass is 334 g/mol. The molecule has 100 valence electrons. The quantitative estimate of drug-likeness (QED) is 0.881. The van der Waals surface area contributed by atoms with Crippen LogP contribution in [0.1, 0.15) is 6.42 Å². The zero-order valence-electron chi connectivity index (χ0n) is 9.82. The van der Waals surface area contributed by atoms with E-state index in [1.165, 1.54) is 0 Å². The van der Waals surface area contributed by atoms with E-state index in [-0.39, 0.29) is 31.0 Å². The molecule has 2 N–H and O–H groups in total. The van der Waals surface area contributed by atoms with Crippen molar-refractivity contribution in [2.75, 3.05) is 19.7 Å². The number of amides is 1. The third-order valence-electron chi connectivity index (χ3n) is 2.61. The van der Waals surface area contributed by atoms with Crippen molar-refractivity contribution in [2.45, 2.75) is 12.5 Å². The van der Waals surface area contributed by atoms with Crippen LogP contribution >= 0.6 is 28.3 Å². The fourth-order valence-corrected chi connectivity index (χ4v) is 1.99. The van der Waals surface area contributed by atoms with Crippen molar-refractivity contribution < 1.29 is 9.53 Å². The van der Waals surface area contributed by atoms with E-state index in [0.717, 1.165) is 24.0 Å². The number of hydrogen-bond donors (Lipinski definition) is 2. The molecule has 1 aliphatic rings.